The molecular weight excluding hydrogens is 1470 g/mol. The van der Waals surface area contributed by atoms with Crippen LogP contribution in [0.5, 0.6) is 0 Å². The molecule has 0 atom stereocenters. The van der Waals surface area contributed by atoms with E-state index in [0.29, 0.717) is 0 Å². The maximum Gasteiger partial charge on any atom is -0.00201 e. The molecular formula is C122H80. The van der Waals surface area contributed by atoms with Gasteiger partial charge in [-0.25, -0.2) is 0 Å². The number of hydrogen-bond acceptors (Lipinski definition) is 0. The highest BCUT2D eigenvalue weighted by molar-refractivity contribution is 6.27. The highest BCUT2D eigenvalue weighted by Gasteiger charge is 2.23. The quantitative estimate of drug-likeness (QED) is 0.120. The van der Waals surface area contributed by atoms with Crippen LogP contribution in [0.2, 0.25) is 0 Å². The van der Waals surface area contributed by atoms with Crippen LogP contribution >= 0.6 is 0 Å². The lowest BCUT2D eigenvalue weighted by Gasteiger charge is -2.20. The topological polar surface area (TPSA) is 0 Å². The van der Waals surface area contributed by atoms with Crippen molar-refractivity contribution in [1.29, 1.82) is 0 Å². The largest absolute Gasteiger partial charge is 0.0622 e. The fourth-order valence-electron chi connectivity index (χ4n) is 19.4. The van der Waals surface area contributed by atoms with Crippen LogP contribution in [0.15, 0.2) is 485 Å². The van der Waals surface area contributed by atoms with E-state index < -0.39 is 0 Å². The van der Waals surface area contributed by atoms with Crippen molar-refractivity contribution in [3.8, 4) is 111 Å². The van der Waals surface area contributed by atoms with Gasteiger partial charge in [0.1, 0.15) is 0 Å². The lowest BCUT2D eigenvalue weighted by atomic mass is 9.83. The zero-order valence-corrected chi connectivity index (χ0v) is 67.2. The summed E-state index contributed by atoms with van der Waals surface area (Å²) in [6.45, 7) is 0. The highest BCUT2D eigenvalue weighted by Crippen LogP contribution is 2.51. The first-order chi connectivity index (χ1) is 60.6. The van der Waals surface area contributed by atoms with E-state index in [1.165, 1.54) is 230 Å². The van der Waals surface area contributed by atoms with Gasteiger partial charge in [0.2, 0.25) is 0 Å². The van der Waals surface area contributed by atoms with Crippen molar-refractivity contribution in [1.82, 2.24) is 0 Å². The normalized spacial score (nSPS) is 11.4. The molecule has 0 nitrogen and oxygen atoms in total. The summed E-state index contributed by atoms with van der Waals surface area (Å²) < 4.78 is 0. The van der Waals surface area contributed by atoms with Gasteiger partial charge in [0.15, 0.2) is 0 Å². The van der Waals surface area contributed by atoms with E-state index in [1.54, 1.807) is 0 Å². The molecule has 0 heterocycles. The van der Waals surface area contributed by atoms with Crippen LogP contribution in [-0.2, 0) is 0 Å². The Morgan fingerprint density at radius 2 is 0.287 bits per heavy atom. The van der Waals surface area contributed by atoms with E-state index >= 15 is 0 Å². The minimum Gasteiger partial charge on any atom is -0.0622 e. The summed E-state index contributed by atoms with van der Waals surface area (Å²) >= 11 is 0. The number of fused-ring (bicyclic) bond motifs is 11. The molecule has 0 fully saturated rings. The third-order valence-corrected chi connectivity index (χ3v) is 25.0. The number of benzene rings is 24. The summed E-state index contributed by atoms with van der Waals surface area (Å²) in [5, 5.41) is 28.1. The van der Waals surface area contributed by atoms with Crippen LogP contribution in [0.25, 0.3) is 230 Å². The minimum absolute atomic E-state index is 1.21. The van der Waals surface area contributed by atoms with Gasteiger partial charge >= 0.3 is 0 Å². The van der Waals surface area contributed by atoms with E-state index in [0.717, 1.165) is 0 Å². The Hall–Kier alpha value is -15.9. The second-order valence-corrected chi connectivity index (χ2v) is 31.8. The Morgan fingerprint density at radius 3 is 0.648 bits per heavy atom. The van der Waals surface area contributed by atoms with Crippen molar-refractivity contribution in [3.05, 3.63) is 485 Å². The summed E-state index contributed by atoms with van der Waals surface area (Å²) in [6, 6.07) is 177. The SMILES string of the molecule is c1ccc(-c2ccc(-c3ccccc3-c3c4ccccc4c(-c4ccc(-c5cccc6ccccc56)cc4)c4ccccc34)cc2)cc1.c1ccc2c(-c3ccc(-c4c5ccccc5c(-c5cccc6ccccc56)c5ccccc45)cc3)cccc2c1.c1ccc2cc(-c3c4ccccc4c(-c4cccc5ccccc45)c4ccccc34)ccc2c1. The maximum absolute atomic E-state index is 2.33. The summed E-state index contributed by atoms with van der Waals surface area (Å²) in [5.41, 5.74) is 25.2. The highest BCUT2D eigenvalue weighted by atomic mass is 14.3. The van der Waals surface area contributed by atoms with Crippen molar-refractivity contribution in [2.24, 2.45) is 0 Å². The molecule has 0 aromatic heterocycles. The van der Waals surface area contributed by atoms with Crippen LogP contribution in [-0.4, -0.2) is 0 Å². The van der Waals surface area contributed by atoms with E-state index in [1.807, 2.05) is 0 Å². The molecule has 0 aliphatic rings. The Balaban J connectivity index is 0.000000111. The van der Waals surface area contributed by atoms with Gasteiger partial charge in [-0.15, -0.1) is 0 Å². The van der Waals surface area contributed by atoms with Crippen molar-refractivity contribution in [2.75, 3.05) is 0 Å². The van der Waals surface area contributed by atoms with Crippen molar-refractivity contribution < 1.29 is 0 Å². The number of hydrogen-bond donors (Lipinski definition) is 0. The minimum atomic E-state index is 1.21. The van der Waals surface area contributed by atoms with Crippen molar-refractivity contribution in [3.63, 3.8) is 0 Å². The molecule has 0 aliphatic heterocycles. The smallest absolute Gasteiger partial charge is 0.00201 e. The lowest BCUT2D eigenvalue weighted by molar-refractivity contribution is 1.58. The lowest BCUT2D eigenvalue weighted by Crippen LogP contribution is -1.93. The van der Waals surface area contributed by atoms with E-state index in [9.17, 15) is 0 Å². The molecule has 0 radical (unpaired) electrons. The van der Waals surface area contributed by atoms with Gasteiger partial charge in [-0.3, -0.25) is 0 Å². The first-order valence-corrected chi connectivity index (χ1v) is 42.3. The second-order valence-electron chi connectivity index (χ2n) is 31.8. The average Bonchev–Trinajstić information content (AvgIpc) is 0.736. The zero-order valence-electron chi connectivity index (χ0n) is 67.2. The standard InChI is InChI=1S/C48H32.C40H26.C34H22/c1-2-13-33(14-3-1)34-25-27-37(28-26-34)41-18-6-7-19-42(41)48-45-22-10-8-20-43(45)47(44-21-9-11-23-46(44)48)38-31-29-36(30-32-38)40-24-12-16-35-15-4-5-17-39(35)40;1-3-15-31-27(11-1)13-9-21-32(31)29-23-25-30(26-24-29)39-35-17-5-7-19-37(35)40(38-20-8-6-18-36(38)39)34-22-10-14-28-12-2-4-16-33(28)34;1-2-12-25-22-26(21-20-23(25)10-1)33-29-15-5-7-17-31(29)34(32-18-8-6-16-30(32)33)28-19-9-13-24-11-3-4-14-27(24)28/h1-32H;1-26H;1-22H. The molecule has 0 aliphatic carbocycles. The van der Waals surface area contributed by atoms with Gasteiger partial charge < -0.3 is 0 Å². The summed E-state index contributed by atoms with van der Waals surface area (Å²) in [7, 11) is 0. The van der Waals surface area contributed by atoms with Crippen LogP contribution in [0.1, 0.15) is 0 Å². The first kappa shape index (κ1) is 72.6. The van der Waals surface area contributed by atoms with Crippen LogP contribution in [0.3, 0.4) is 0 Å². The van der Waals surface area contributed by atoms with Crippen LogP contribution in [0, 0.1) is 0 Å². The van der Waals surface area contributed by atoms with Gasteiger partial charge in [0.25, 0.3) is 0 Å². The molecule has 0 spiro atoms. The maximum atomic E-state index is 2.33. The van der Waals surface area contributed by atoms with Gasteiger partial charge in [-0.05, 0) is 236 Å². The van der Waals surface area contributed by atoms with Gasteiger partial charge in [-0.2, -0.15) is 0 Å². The third kappa shape index (κ3) is 13.1. The molecule has 0 unspecified atom stereocenters. The van der Waals surface area contributed by atoms with Crippen LogP contribution < -0.4 is 0 Å². The molecule has 24 aromatic carbocycles. The predicted molar refractivity (Wildman–Crippen MR) is 526 cm³/mol. The zero-order chi connectivity index (χ0) is 80.8. The first-order valence-electron chi connectivity index (χ1n) is 42.3. The van der Waals surface area contributed by atoms with Gasteiger partial charge in [-0.1, -0.05) is 479 Å². The summed E-state index contributed by atoms with van der Waals surface area (Å²) in [6.07, 6.45) is 0. The van der Waals surface area contributed by atoms with Crippen LogP contribution in [0.4, 0.5) is 0 Å². The van der Waals surface area contributed by atoms with E-state index in [-0.39, 0.29) is 0 Å². The molecule has 0 saturated carbocycles. The molecule has 0 saturated heterocycles. The van der Waals surface area contributed by atoms with E-state index in [4.69, 9.17) is 0 Å². The molecule has 0 bridgehead atoms. The molecule has 568 valence electrons. The molecule has 24 aromatic rings. The monoisotopic (exact) mass is 1540 g/mol. The Morgan fingerprint density at radius 1 is 0.0820 bits per heavy atom. The summed E-state index contributed by atoms with van der Waals surface area (Å²) in [4.78, 5) is 0. The third-order valence-electron chi connectivity index (χ3n) is 25.0. The fourth-order valence-corrected chi connectivity index (χ4v) is 19.4. The fraction of sp³-hybridized carbons (Fsp3) is 0. The van der Waals surface area contributed by atoms with E-state index in [2.05, 4.69) is 485 Å². The molecule has 0 amide bonds. The molecule has 122 heavy (non-hydrogen) atoms. The van der Waals surface area contributed by atoms with Gasteiger partial charge in [0.05, 0.1) is 0 Å². The van der Waals surface area contributed by atoms with Crippen molar-refractivity contribution in [2.45, 2.75) is 0 Å². The Kier molecular flexibility index (Phi) is 18.8. The summed E-state index contributed by atoms with van der Waals surface area (Å²) in [5.74, 6) is 0. The second kappa shape index (κ2) is 31.5. The Bertz CT molecular complexity index is 7960. The van der Waals surface area contributed by atoms with Gasteiger partial charge in [0, 0.05) is 0 Å². The van der Waals surface area contributed by atoms with Crippen molar-refractivity contribution >= 4 is 118 Å². The molecule has 0 N–H and O–H groups in total. The Labute approximate surface area is 710 Å². The number of rotatable bonds is 10. The average molecular weight is 1550 g/mol. The molecule has 24 rings (SSSR count). The molecule has 0 heteroatoms. The predicted octanol–water partition coefficient (Wildman–Crippen LogP) is 34.4.